The summed E-state index contributed by atoms with van der Waals surface area (Å²) in [6.45, 7) is 4.43. The van der Waals surface area contributed by atoms with Gasteiger partial charge in [-0.05, 0) is 56.0 Å². The van der Waals surface area contributed by atoms with Crippen molar-refractivity contribution in [2.45, 2.75) is 147 Å². The third kappa shape index (κ3) is 18.2. The highest BCUT2D eigenvalue weighted by atomic mass is 32.2. The van der Waals surface area contributed by atoms with Gasteiger partial charge in [-0.1, -0.05) is 117 Å². The first-order chi connectivity index (χ1) is 20.3. The van der Waals surface area contributed by atoms with E-state index >= 15 is 0 Å². The van der Waals surface area contributed by atoms with Crippen LogP contribution in [0.15, 0.2) is 47.8 Å². The van der Waals surface area contributed by atoms with Crippen molar-refractivity contribution in [2.24, 2.45) is 0 Å². The lowest BCUT2D eigenvalue weighted by molar-refractivity contribution is 0.0617. The largest absolute Gasteiger partial charge is 0.431 e. The summed E-state index contributed by atoms with van der Waals surface area (Å²) in [5.41, 5.74) is -0.442. The van der Waals surface area contributed by atoms with Crippen molar-refractivity contribution in [1.29, 1.82) is 0 Å². The molecule has 238 valence electrons. The van der Waals surface area contributed by atoms with Gasteiger partial charge in [-0.3, -0.25) is 4.55 Å². The van der Waals surface area contributed by atoms with Crippen molar-refractivity contribution >= 4 is 22.1 Å². The summed E-state index contributed by atoms with van der Waals surface area (Å²) in [4.78, 5) is 24.9. The SMILES string of the molecule is CCCCCCCCCCC/C=C/OC(=O)c1ccc(S(=O)(=O)O)cc1C(=O)O/C=C/CCCCCCCCCCC. The zero-order chi connectivity index (χ0) is 30.9. The van der Waals surface area contributed by atoms with E-state index in [9.17, 15) is 22.6 Å². The van der Waals surface area contributed by atoms with Crippen molar-refractivity contribution in [3.63, 3.8) is 0 Å². The highest BCUT2D eigenvalue weighted by Gasteiger charge is 2.22. The molecule has 0 saturated heterocycles. The van der Waals surface area contributed by atoms with E-state index in [0.717, 1.165) is 56.7 Å². The number of esters is 2. The molecule has 8 heteroatoms. The van der Waals surface area contributed by atoms with E-state index in [1.54, 1.807) is 12.2 Å². The smallest absolute Gasteiger partial charge is 0.343 e. The monoisotopic (exact) mass is 606 g/mol. The number of hydrogen-bond donors (Lipinski definition) is 1. The second-order valence-corrected chi connectivity index (χ2v) is 12.4. The van der Waals surface area contributed by atoms with Crippen LogP contribution in [0.3, 0.4) is 0 Å². The summed E-state index contributed by atoms with van der Waals surface area (Å²) >= 11 is 0. The Morgan fingerprint density at radius 1 is 0.619 bits per heavy atom. The van der Waals surface area contributed by atoms with Crippen molar-refractivity contribution in [1.82, 2.24) is 0 Å². The molecule has 0 fully saturated rings. The molecule has 0 bridgehead atoms. The summed E-state index contributed by atoms with van der Waals surface area (Å²) < 4.78 is 43.0. The quantitative estimate of drug-likeness (QED) is 0.0510. The fraction of sp³-hybridized carbons (Fsp3) is 0.647. The van der Waals surface area contributed by atoms with Gasteiger partial charge in [-0.15, -0.1) is 0 Å². The molecule has 0 aliphatic rings. The van der Waals surface area contributed by atoms with Crippen molar-refractivity contribution in [2.75, 3.05) is 0 Å². The van der Waals surface area contributed by atoms with Crippen LogP contribution in [0.1, 0.15) is 163 Å². The lowest BCUT2D eigenvalue weighted by Crippen LogP contribution is -2.13. The highest BCUT2D eigenvalue weighted by molar-refractivity contribution is 7.85. The molecule has 1 aromatic carbocycles. The molecule has 0 spiro atoms. The molecule has 0 aliphatic carbocycles. The van der Waals surface area contributed by atoms with Gasteiger partial charge in [0.1, 0.15) is 0 Å². The molecule has 42 heavy (non-hydrogen) atoms. The summed E-state index contributed by atoms with van der Waals surface area (Å²) in [7, 11) is -4.58. The van der Waals surface area contributed by atoms with Gasteiger partial charge in [0.25, 0.3) is 10.1 Å². The van der Waals surface area contributed by atoms with E-state index in [2.05, 4.69) is 13.8 Å². The number of allylic oxidation sites excluding steroid dienone is 2. The Morgan fingerprint density at radius 3 is 1.40 bits per heavy atom. The molecule has 0 atom stereocenters. The molecular weight excluding hydrogens is 552 g/mol. The summed E-state index contributed by atoms with van der Waals surface area (Å²) in [5.74, 6) is -1.72. The van der Waals surface area contributed by atoms with E-state index < -0.39 is 27.0 Å². The van der Waals surface area contributed by atoms with Crippen LogP contribution in [0.2, 0.25) is 0 Å². The Kier molecular flexibility index (Phi) is 21.5. The Balaban J connectivity index is 2.51. The van der Waals surface area contributed by atoms with Crippen LogP contribution in [-0.4, -0.2) is 24.9 Å². The molecule has 0 radical (unpaired) electrons. The second kappa shape index (κ2) is 24.0. The number of hydrogen-bond acceptors (Lipinski definition) is 6. The van der Waals surface area contributed by atoms with Gasteiger partial charge in [0.2, 0.25) is 0 Å². The molecule has 0 aliphatic heterocycles. The standard InChI is InChI=1S/C34H54O7S/c1-3-5-7-9-11-13-15-17-19-21-23-27-40-33(35)31-26-25-30(42(37,38)39)29-32(31)34(36)41-28-24-22-20-18-16-14-12-10-8-6-4-2/h23-29H,3-22H2,1-2H3,(H,37,38,39)/b27-23+,28-24+. The first-order valence-electron chi connectivity index (χ1n) is 16.1. The van der Waals surface area contributed by atoms with Crippen molar-refractivity contribution in [3.05, 3.63) is 54.0 Å². The molecule has 7 nitrogen and oxygen atoms in total. The molecule has 1 rings (SSSR count). The molecule has 0 unspecified atom stereocenters. The average molecular weight is 607 g/mol. The van der Waals surface area contributed by atoms with Crippen LogP contribution in [-0.2, 0) is 19.6 Å². The van der Waals surface area contributed by atoms with E-state index in [1.807, 2.05) is 0 Å². The summed E-state index contributed by atoms with van der Waals surface area (Å²) in [6, 6.07) is 3.12. The third-order valence-corrected chi connectivity index (χ3v) is 8.07. The fourth-order valence-corrected chi connectivity index (χ4v) is 5.17. The predicted octanol–water partition coefficient (Wildman–Crippen LogP) is 10.1. The van der Waals surface area contributed by atoms with Crippen LogP contribution in [0.4, 0.5) is 0 Å². The Labute approximate surface area is 254 Å². The molecule has 0 amide bonds. The van der Waals surface area contributed by atoms with Gasteiger partial charge in [-0.25, -0.2) is 9.59 Å². The maximum absolute atomic E-state index is 12.7. The number of unbranched alkanes of at least 4 members (excludes halogenated alkanes) is 18. The first-order valence-corrected chi connectivity index (χ1v) is 17.6. The van der Waals surface area contributed by atoms with Gasteiger partial charge in [0.05, 0.1) is 28.5 Å². The summed E-state index contributed by atoms with van der Waals surface area (Å²) in [5, 5.41) is 0. The number of carbonyl (C=O) groups is 2. The van der Waals surface area contributed by atoms with Crippen LogP contribution < -0.4 is 0 Å². The molecule has 1 aromatic rings. The van der Waals surface area contributed by atoms with Gasteiger partial charge in [0.15, 0.2) is 0 Å². The van der Waals surface area contributed by atoms with E-state index in [0.29, 0.717) is 0 Å². The maximum Gasteiger partial charge on any atom is 0.343 e. The number of benzene rings is 1. The predicted molar refractivity (Wildman–Crippen MR) is 169 cm³/mol. The van der Waals surface area contributed by atoms with Crippen molar-refractivity contribution < 1.29 is 32.0 Å². The molecule has 0 aromatic heterocycles. The maximum atomic E-state index is 12.7. The third-order valence-electron chi connectivity index (χ3n) is 7.22. The second-order valence-electron chi connectivity index (χ2n) is 11.0. The number of rotatable bonds is 25. The van der Waals surface area contributed by atoms with Crippen LogP contribution in [0.5, 0.6) is 0 Å². The number of carbonyl (C=O) groups excluding carboxylic acids is 2. The normalized spacial score (nSPS) is 11.9. The lowest BCUT2D eigenvalue weighted by atomic mass is 10.1. The average Bonchev–Trinajstić information content (AvgIpc) is 2.97. The van der Waals surface area contributed by atoms with Gasteiger partial charge < -0.3 is 9.47 Å². The van der Waals surface area contributed by atoms with Gasteiger partial charge in [0, 0.05) is 0 Å². The van der Waals surface area contributed by atoms with Gasteiger partial charge in [-0.2, -0.15) is 8.42 Å². The van der Waals surface area contributed by atoms with E-state index in [1.165, 1.54) is 102 Å². The Hall–Kier alpha value is -2.45. The molecule has 0 heterocycles. The highest BCUT2D eigenvalue weighted by Crippen LogP contribution is 2.19. The molecule has 1 N–H and O–H groups in total. The molecule has 0 saturated carbocycles. The fourth-order valence-electron chi connectivity index (χ4n) is 4.66. The zero-order valence-electron chi connectivity index (χ0n) is 26.0. The van der Waals surface area contributed by atoms with Crippen molar-refractivity contribution in [3.8, 4) is 0 Å². The lowest BCUT2D eigenvalue weighted by Gasteiger charge is -2.08. The number of ether oxygens (including phenoxy) is 2. The topological polar surface area (TPSA) is 107 Å². The molecular formula is C34H54O7S. The Bertz CT molecular complexity index is 1040. The van der Waals surface area contributed by atoms with E-state index in [-0.39, 0.29) is 11.1 Å². The van der Waals surface area contributed by atoms with Gasteiger partial charge >= 0.3 is 11.9 Å². The minimum absolute atomic E-state index is 0.146. The first kappa shape index (κ1) is 37.6. The Morgan fingerprint density at radius 2 is 1.00 bits per heavy atom. The minimum Gasteiger partial charge on any atom is -0.431 e. The minimum atomic E-state index is -4.58. The van der Waals surface area contributed by atoms with Crippen LogP contribution >= 0.6 is 0 Å². The van der Waals surface area contributed by atoms with E-state index in [4.69, 9.17) is 9.47 Å². The summed E-state index contributed by atoms with van der Waals surface area (Å²) in [6.07, 6.45) is 29.5. The van der Waals surface area contributed by atoms with Crippen LogP contribution in [0.25, 0.3) is 0 Å². The zero-order valence-corrected chi connectivity index (χ0v) is 26.8. The van der Waals surface area contributed by atoms with Crippen LogP contribution in [0, 0.1) is 0 Å².